The largest absolute Gasteiger partial charge is 0.344 e. The highest BCUT2D eigenvalue weighted by Crippen LogP contribution is 2.06. The van der Waals surface area contributed by atoms with E-state index in [1.54, 1.807) is 11.9 Å². The summed E-state index contributed by atoms with van der Waals surface area (Å²) in [5, 5.41) is 2.62. The fourth-order valence-corrected chi connectivity index (χ4v) is 2.35. The molecule has 1 atom stereocenters. The molecule has 0 aliphatic carbocycles. The van der Waals surface area contributed by atoms with E-state index in [1.165, 1.54) is 19.8 Å². The van der Waals surface area contributed by atoms with Crippen LogP contribution in [0.1, 0.15) is 19.8 Å². The quantitative estimate of drug-likeness (QED) is 0.669. The molecule has 0 bridgehead atoms. The molecule has 0 radical (unpaired) electrons. The Balaban J connectivity index is 2.35. The minimum atomic E-state index is -0.519. The van der Waals surface area contributed by atoms with E-state index in [0.29, 0.717) is 12.3 Å². The monoisotopic (exact) mass is 273 g/mol. The Morgan fingerprint density at radius 1 is 1.39 bits per heavy atom. The first kappa shape index (κ1) is 15.3. The number of rotatable bonds is 6. The van der Waals surface area contributed by atoms with Crippen molar-refractivity contribution in [2.24, 2.45) is 0 Å². The number of carbonyl (C=O) groups excluding carboxylic acids is 2. The third-order valence-corrected chi connectivity index (χ3v) is 3.55. The van der Waals surface area contributed by atoms with Crippen LogP contribution in [0.25, 0.3) is 0 Å². The van der Waals surface area contributed by atoms with Gasteiger partial charge in [-0.15, -0.1) is 0 Å². The van der Waals surface area contributed by atoms with Crippen molar-refractivity contribution in [2.45, 2.75) is 25.8 Å². The average molecular weight is 273 g/mol. The molecule has 1 aliphatic heterocycles. The Hall–Kier alpha value is -0.750. The lowest BCUT2D eigenvalue weighted by Crippen LogP contribution is -2.49. The molecule has 1 fully saturated rings. The molecule has 0 aromatic rings. The zero-order valence-electron chi connectivity index (χ0n) is 11.2. The maximum absolute atomic E-state index is 12.1. The van der Waals surface area contributed by atoms with Crippen LogP contribution in [0.4, 0.5) is 0 Å². The lowest BCUT2D eigenvalue weighted by atomic mass is 10.3. The number of thiol groups is 1. The number of likely N-dealkylation sites (tertiary alicyclic amines) is 1. The molecule has 1 saturated heterocycles. The van der Waals surface area contributed by atoms with Crippen molar-refractivity contribution >= 4 is 24.4 Å². The highest BCUT2D eigenvalue weighted by molar-refractivity contribution is 7.80. The van der Waals surface area contributed by atoms with Crippen molar-refractivity contribution in [3.05, 3.63) is 0 Å². The second-order valence-electron chi connectivity index (χ2n) is 4.74. The summed E-state index contributed by atoms with van der Waals surface area (Å²) in [6.45, 7) is 5.27. The van der Waals surface area contributed by atoms with Crippen molar-refractivity contribution < 1.29 is 9.59 Å². The number of nitrogens with one attached hydrogen (secondary N) is 1. The van der Waals surface area contributed by atoms with Crippen molar-refractivity contribution in [1.29, 1.82) is 0 Å². The molecule has 5 nitrogen and oxygen atoms in total. The van der Waals surface area contributed by atoms with Gasteiger partial charge in [-0.2, -0.15) is 12.6 Å². The van der Waals surface area contributed by atoms with Gasteiger partial charge in [-0.3, -0.25) is 9.59 Å². The van der Waals surface area contributed by atoms with Gasteiger partial charge in [-0.05, 0) is 25.9 Å². The van der Waals surface area contributed by atoms with Crippen LogP contribution in [0.3, 0.4) is 0 Å². The molecule has 6 heteroatoms. The summed E-state index contributed by atoms with van der Waals surface area (Å²) in [4.78, 5) is 27.1. The van der Waals surface area contributed by atoms with E-state index in [1.807, 2.05) is 0 Å². The van der Waals surface area contributed by atoms with Gasteiger partial charge in [0.05, 0.1) is 0 Å². The van der Waals surface area contributed by atoms with Crippen LogP contribution in [0.5, 0.6) is 0 Å². The van der Waals surface area contributed by atoms with Crippen LogP contribution in [0, 0.1) is 0 Å². The fourth-order valence-electron chi connectivity index (χ4n) is 2.10. The highest BCUT2D eigenvalue weighted by Gasteiger charge is 2.22. The molecule has 0 saturated carbocycles. The van der Waals surface area contributed by atoms with E-state index < -0.39 is 6.04 Å². The molecule has 0 aromatic carbocycles. The predicted molar refractivity (Wildman–Crippen MR) is 74.8 cm³/mol. The number of hydrogen-bond donors (Lipinski definition) is 2. The van der Waals surface area contributed by atoms with Crippen LogP contribution in [0.2, 0.25) is 0 Å². The smallest absolute Gasteiger partial charge is 0.245 e. The summed E-state index contributed by atoms with van der Waals surface area (Å²) in [7, 11) is 1.77. The summed E-state index contributed by atoms with van der Waals surface area (Å²) in [5.41, 5.74) is 0. The first-order valence-electron chi connectivity index (χ1n) is 6.40. The van der Waals surface area contributed by atoms with Crippen LogP contribution in [-0.4, -0.2) is 66.6 Å². The number of likely N-dealkylation sites (N-methyl/N-ethyl adjacent to an activating group) is 1. The van der Waals surface area contributed by atoms with E-state index in [4.69, 9.17) is 0 Å². The number of hydrogen-bond acceptors (Lipinski definition) is 4. The summed E-state index contributed by atoms with van der Waals surface area (Å²) in [5.74, 6) is 0.0571. The molecular weight excluding hydrogens is 250 g/mol. The highest BCUT2D eigenvalue weighted by atomic mass is 32.1. The van der Waals surface area contributed by atoms with Gasteiger partial charge in [0.2, 0.25) is 11.8 Å². The van der Waals surface area contributed by atoms with Gasteiger partial charge in [0, 0.05) is 32.8 Å². The Morgan fingerprint density at radius 3 is 2.50 bits per heavy atom. The van der Waals surface area contributed by atoms with Crippen LogP contribution in [-0.2, 0) is 9.59 Å². The van der Waals surface area contributed by atoms with Gasteiger partial charge >= 0.3 is 0 Å². The Bertz CT molecular complexity index is 293. The van der Waals surface area contributed by atoms with Gasteiger partial charge < -0.3 is 15.1 Å². The van der Waals surface area contributed by atoms with Gasteiger partial charge in [-0.25, -0.2) is 0 Å². The second-order valence-corrected chi connectivity index (χ2v) is 5.11. The van der Waals surface area contributed by atoms with Crippen LogP contribution < -0.4 is 5.32 Å². The van der Waals surface area contributed by atoms with E-state index >= 15 is 0 Å². The fraction of sp³-hybridized carbons (Fsp3) is 0.833. The average Bonchev–Trinajstić information content (AvgIpc) is 2.84. The summed E-state index contributed by atoms with van der Waals surface area (Å²) in [6.07, 6.45) is 2.51. The van der Waals surface area contributed by atoms with Crippen LogP contribution in [0.15, 0.2) is 0 Å². The summed E-state index contributed by atoms with van der Waals surface area (Å²) >= 11 is 4.11. The molecular formula is C12H23N3O2S. The molecule has 1 unspecified atom stereocenters. The second kappa shape index (κ2) is 7.63. The number of nitrogens with zero attached hydrogens (tertiary/aromatic N) is 2. The van der Waals surface area contributed by atoms with E-state index in [9.17, 15) is 9.59 Å². The predicted octanol–water partition coefficient (Wildman–Crippen LogP) is -0.0249. The van der Waals surface area contributed by atoms with Crippen LogP contribution >= 0.6 is 12.6 Å². The molecule has 0 aromatic heterocycles. The number of carbonyl (C=O) groups is 2. The van der Waals surface area contributed by atoms with Gasteiger partial charge in [0.25, 0.3) is 0 Å². The van der Waals surface area contributed by atoms with E-state index in [-0.39, 0.29) is 11.8 Å². The molecule has 1 N–H and O–H groups in total. The Morgan fingerprint density at radius 2 is 2.00 bits per heavy atom. The van der Waals surface area contributed by atoms with Gasteiger partial charge in [-0.1, -0.05) is 0 Å². The molecule has 1 rings (SSSR count). The zero-order chi connectivity index (χ0) is 13.5. The third kappa shape index (κ3) is 4.86. The lowest BCUT2D eigenvalue weighted by molar-refractivity contribution is -0.134. The van der Waals surface area contributed by atoms with Crippen molar-refractivity contribution in [1.82, 2.24) is 15.1 Å². The van der Waals surface area contributed by atoms with E-state index in [2.05, 4.69) is 22.8 Å². The molecule has 1 aliphatic rings. The first-order valence-corrected chi connectivity index (χ1v) is 7.03. The molecule has 18 heavy (non-hydrogen) atoms. The van der Waals surface area contributed by atoms with Crippen molar-refractivity contribution in [2.75, 3.05) is 39.0 Å². The maximum atomic E-state index is 12.1. The van der Waals surface area contributed by atoms with Crippen molar-refractivity contribution in [3.63, 3.8) is 0 Å². The summed E-state index contributed by atoms with van der Waals surface area (Å²) in [6, 6.07) is -0.519. The Labute approximate surface area is 114 Å². The van der Waals surface area contributed by atoms with E-state index in [0.717, 1.165) is 19.6 Å². The molecule has 2 amide bonds. The zero-order valence-corrected chi connectivity index (χ0v) is 12.1. The minimum Gasteiger partial charge on any atom is -0.344 e. The molecule has 1 heterocycles. The molecule has 0 spiro atoms. The molecule has 104 valence electrons. The number of amides is 2. The minimum absolute atomic E-state index is 0.0700. The summed E-state index contributed by atoms with van der Waals surface area (Å²) < 4.78 is 0. The third-order valence-electron chi connectivity index (χ3n) is 3.18. The van der Waals surface area contributed by atoms with Gasteiger partial charge in [0.1, 0.15) is 6.04 Å². The lowest BCUT2D eigenvalue weighted by Gasteiger charge is -2.25. The van der Waals surface area contributed by atoms with Crippen molar-refractivity contribution in [3.8, 4) is 0 Å². The first-order chi connectivity index (χ1) is 8.54. The normalized spacial score (nSPS) is 17.5. The van der Waals surface area contributed by atoms with Gasteiger partial charge in [0.15, 0.2) is 0 Å². The standard InChI is InChI=1S/C12H23N3O2S/c1-10(16)13-11(9-18)12(17)14(2)7-8-15-5-3-4-6-15/h11,18H,3-9H2,1-2H3,(H,13,16). The SMILES string of the molecule is CC(=O)NC(CS)C(=O)N(C)CCN1CCCC1. The topological polar surface area (TPSA) is 52.7 Å². The maximum Gasteiger partial charge on any atom is 0.245 e. The Kier molecular flexibility index (Phi) is 6.49.